The number of halogens is 4. The summed E-state index contributed by atoms with van der Waals surface area (Å²) < 4.78 is 41.5. The lowest BCUT2D eigenvalue weighted by atomic mass is 10.1. The van der Waals surface area contributed by atoms with E-state index in [4.69, 9.17) is 0 Å². The molecule has 1 unspecified atom stereocenters. The second-order valence-electron chi connectivity index (χ2n) is 6.09. The summed E-state index contributed by atoms with van der Waals surface area (Å²) in [5.74, 6) is 1.79. The number of rotatable bonds is 6. The molecule has 0 spiro atoms. The third-order valence-corrected chi connectivity index (χ3v) is 5.33. The second kappa shape index (κ2) is 10.4. The third-order valence-electron chi connectivity index (χ3n) is 3.80. The number of pyridine rings is 1. The van der Waals surface area contributed by atoms with Crippen LogP contribution in [0.3, 0.4) is 0 Å². The molecule has 5 nitrogen and oxygen atoms in total. The van der Waals surface area contributed by atoms with E-state index in [1.807, 2.05) is 11.8 Å². The van der Waals surface area contributed by atoms with Gasteiger partial charge in [0.1, 0.15) is 0 Å². The molecule has 1 aromatic rings. The number of nitrogens with zero attached hydrogens (tertiary/aromatic N) is 2. The van der Waals surface area contributed by atoms with E-state index in [9.17, 15) is 13.2 Å². The zero-order chi connectivity index (χ0) is 18.3. The van der Waals surface area contributed by atoms with E-state index in [-0.39, 0.29) is 34.6 Å². The number of hydrogen-bond donors (Lipinski definition) is 2. The van der Waals surface area contributed by atoms with Crippen molar-refractivity contribution in [1.82, 2.24) is 15.6 Å². The lowest BCUT2D eigenvalue weighted by Gasteiger charge is -2.24. The quantitative estimate of drug-likeness (QED) is 0.353. The van der Waals surface area contributed by atoms with Crippen molar-refractivity contribution in [2.45, 2.75) is 37.2 Å². The molecule has 10 heteroatoms. The first-order valence-corrected chi connectivity index (χ1v) is 9.01. The van der Waals surface area contributed by atoms with Crippen LogP contribution in [0.25, 0.3) is 0 Å². The van der Waals surface area contributed by atoms with Crippen molar-refractivity contribution >= 4 is 41.7 Å². The summed E-state index contributed by atoms with van der Waals surface area (Å²) in [7, 11) is 1.68. The summed E-state index contributed by atoms with van der Waals surface area (Å²) >= 11 is 1.96. The molecule has 26 heavy (non-hydrogen) atoms. The number of nitrogens with one attached hydrogen (secondary N) is 2. The Kier molecular flexibility index (Phi) is 9.28. The van der Waals surface area contributed by atoms with Crippen molar-refractivity contribution in [3.63, 3.8) is 0 Å². The van der Waals surface area contributed by atoms with Gasteiger partial charge in [-0.15, -0.1) is 24.0 Å². The minimum absolute atomic E-state index is 0. The Morgan fingerprint density at radius 2 is 2.19 bits per heavy atom. The molecule has 0 aromatic carbocycles. The number of alkyl halides is 3. The third kappa shape index (κ3) is 8.19. The fourth-order valence-corrected chi connectivity index (χ4v) is 3.69. The highest BCUT2D eigenvalue weighted by Crippen LogP contribution is 2.36. The molecule has 0 radical (unpaired) electrons. The van der Waals surface area contributed by atoms with E-state index in [0.717, 1.165) is 12.1 Å². The lowest BCUT2D eigenvalue weighted by Crippen LogP contribution is -2.43. The Balaban J connectivity index is 0.00000338. The molecule has 1 aliphatic rings. The Bertz CT molecular complexity index is 595. The van der Waals surface area contributed by atoms with Crippen molar-refractivity contribution in [3.05, 3.63) is 23.9 Å². The van der Waals surface area contributed by atoms with Crippen molar-refractivity contribution in [1.29, 1.82) is 0 Å². The largest absolute Gasteiger partial charge is 0.468 e. The van der Waals surface area contributed by atoms with Gasteiger partial charge in [0.25, 0.3) is 0 Å². The van der Waals surface area contributed by atoms with Gasteiger partial charge in [0.15, 0.2) is 12.6 Å². The molecule has 0 aliphatic carbocycles. The van der Waals surface area contributed by atoms with Crippen LogP contribution in [0.1, 0.15) is 25.3 Å². The maximum Gasteiger partial charge on any atom is 0.422 e. The van der Waals surface area contributed by atoms with Crippen LogP contribution >= 0.6 is 35.7 Å². The predicted molar refractivity (Wildman–Crippen MR) is 110 cm³/mol. The number of guanidine groups is 1. The van der Waals surface area contributed by atoms with E-state index in [1.54, 1.807) is 13.1 Å². The first-order chi connectivity index (χ1) is 11.8. The Morgan fingerprint density at radius 1 is 1.42 bits per heavy atom. The first-order valence-electron chi connectivity index (χ1n) is 8.03. The van der Waals surface area contributed by atoms with Gasteiger partial charge < -0.3 is 15.4 Å². The van der Waals surface area contributed by atoms with Crippen molar-refractivity contribution < 1.29 is 17.9 Å². The van der Waals surface area contributed by atoms with Gasteiger partial charge >= 0.3 is 6.18 Å². The van der Waals surface area contributed by atoms with E-state index in [0.29, 0.717) is 12.5 Å². The number of ether oxygens (including phenoxy) is 1. The van der Waals surface area contributed by atoms with E-state index in [2.05, 4.69) is 32.3 Å². The van der Waals surface area contributed by atoms with Gasteiger partial charge in [0.05, 0.1) is 0 Å². The molecule has 1 aromatic heterocycles. The fraction of sp³-hybridized carbons (Fsp3) is 0.625. The van der Waals surface area contributed by atoms with Crippen LogP contribution in [-0.4, -0.2) is 47.8 Å². The summed E-state index contributed by atoms with van der Waals surface area (Å²) in [6, 6.07) is 3.20. The highest BCUT2D eigenvalue weighted by molar-refractivity contribution is 14.0. The minimum Gasteiger partial charge on any atom is -0.468 e. The van der Waals surface area contributed by atoms with E-state index < -0.39 is 12.8 Å². The number of aromatic nitrogens is 1. The number of thioether (sulfide) groups is 1. The summed E-state index contributed by atoms with van der Waals surface area (Å²) in [5.41, 5.74) is 0.761. The molecule has 0 saturated carbocycles. The molecule has 0 amide bonds. The van der Waals surface area contributed by atoms with Crippen LogP contribution in [0.15, 0.2) is 23.3 Å². The highest BCUT2D eigenvalue weighted by atomic mass is 127. The molecule has 1 atom stereocenters. The molecular weight excluding hydrogens is 480 g/mol. The predicted octanol–water partition coefficient (Wildman–Crippen LogP) is 3.59. The smallest absolute Gasteiger partial charge is 0.422 e. The molecule has 1 saturated heterocycles. The van der Waals surface area contributed by atoms with Crippen LogP contribution in [-0.2, 0) is 6.54 Å². The minimum atomic E-state index is -4.38. The average Bonchev–Trinajstić information content (AvgIpc) is 3.00. The molecule has 1 fully saturated rings. The van der Waals surface area contributed by atoms with Crippen LogP contribution in [0, 0.1) is 0 Å². The summed E-state index contributed by atoms with van der Waals surface area (Å²) in [5, 5.41) is 6.45. The van der Waals surface area contributed by atoms with Crippen LogP contribution in [0.5, 0.6) is 5.88 Å². The summed E-state index contributed by atoms with van der Waals surface area (Å²) in [6.07, 6.45) is -0.552. The number of aliphatic imine (C=N–C) groups is 1. The van der Waals surface area contributed by atoms with Crippen molar-refractivity contribution in [2.24, 2.45) is 4.99 Å². The molecule has 1 aliphatic heterocycles. The van der Waals surface area contributed by atoms with Gasteiger partial charge in [0.2, 0.25) is 5.88 Å². The maximum absolute atomic E-state index is 12.2. The molecular formula is C16H24F3IN4OS. The maximum atomic E-state index is 12.2. The van der Waals surface area contributed by atoms with Crippen molar-refractivity contribution in [2.75, 3.05) is 26.0 Å². The zero-order valence-corrected chi connectivity index (χ0v) is 17.9. The van der Waals surface area contributed by atoms with Crippen LogP contribution in [0.4, 0.5) is 13.2 Å². The molecule has 148 valence electrons. The Morgan fingerprint density at radius 3 is 2.81 bits per heavy atom. The standard InChI is InChI=1S/C16H23F3N4OS.HI/c1-15(5-3-7-25-15)10-23-14(20-2)22-9-12-4-6-21-13(8-12)24-11-16(17,18)19;/h4,6,8H,3,5,7,9-11H2,1-2H3,(H2,20,22,23);1H. The Hall–Kier alpha value is -0.910. The summed E-state index contributed by atoms with van der Waals surface area (Å²) in [6.45, 7) is 2.11. The molecule has 2 rings (SSSR count). The van der Waals surface area contributed by atoms with Crippen LogP contribution in [0.2, 0.25) is 0 Å². The van der Waals surface area contributed by atoms with Gasteiger partial charge in [0, 0.05) is 37.1 Å². The van der Waals surface area contributed by atoms with E-state index in [1.165, 1.54) is 30.9 Å². The molecule has 0 bridgehead atoms. The van der Waals surface area contributed by atoms with Gasteiger partial charge in [-0.25, -0.2) is 4.98 Å². The van der Waals surface area contributed by atoms with Gasteiger partial charge in [-0.3, -0.25) is 4.99 Å². The monoisotopic (exact) mass is 504 g/mol. The van der Waals surface area contributed by atoms with Gasteiger partial charge in [-0.05, 0) is 37.1 Å². The van der Waals surface area contributed by atoms with Crippen molar-refractivity contribution in [3.8, 4) is 5.88 Å². The fourth-order valence-electron chi connectivity index (χ4n) is 2.45. The molecule has 2 N–H and O–H groups in total. The highest BCUT2D eigenvalue weighted by Gasteiger charge is 2.29. The van der Waals surface area contributed by atoms with Gasteiger partial charge in [-0.2, -0.15) is 24.9 Å². The van der Waals surface area contributed by atoms with E-state index >= 15 is 0 Å². The first kappa shape index (κ1) is 23.1. The van der Waals surface area contributed by atoms with Gasteiger partial charge in [-0.1, -0.05) is 0 Å². The normalized spacial score (nSPS) is 20.4. The number of hydrogen-bond acceptors (Lipinski definition) is 4. The second-order valence-corrected chi connectivity index (χ2v) is 7.77. The van der Waals surface area contributed by atoms with Crippen LogP contribution < -0.4 is 15.4 Å². The molecule has 2 heterocycles. The lowest BCUT2D eigenvalue weighted by molar-refractivity contribution is -0.154. The zero-order valence-electron chi connectivity index (χ0n) is 14.7. The Labute approximate surface area is 173 Å². The summed E-state index contributed by atoms with van der Waals surface area (Å²) in [4.78, 5) is 7.96. The topological polar surface area (TPSA) is 58.5 Å². The average molecular weight is 504 g/mol. The SMILES string of the molecule is CN=C(NCc1ccnc(OCC(F)(F)F)c1)NCC1(C)CCCS1.I.